The summed E-state index contributed by atoms with van der Waals surface area (Å²) in [6.45, 7) is 2.81. The molecule has 0 spiro atoms. The number of fused-ring (bicyclic) bond motifs is 2. The van der Waals surface area contributed by atoms with E-state index in [4.69, 9.17) is 4.74 Å². The molecule has 2 bridgehead atoms. The van der Waals surface area contributed by atoms with Gasteiger partial charge in [0.05, 0.1) is 6.61 Å². The standard InChI is InChI=1S/C14H21N3O/c1-2-7-18-13-5-6-15-14(17-13)16-12-9-10-3-4-11(12)8-10/h5-6,10-12H,2-4,7-9H2,1H3,(H,15,16,17). The Labute approximate surface area is 108 Å². The Morgan fingerprint density at radius 1 is 1.39 bits per heavy atom. The average molecular weight is 247 g/mol. The Morgan fingerprint density at radius 3 is 3.06 bits per heavy atom. The van der Waals surface area contributed by atoms with Crippen LogP contribution >= 0.6 is 0 Å². The van der Waals surface area contributed by atoms with Crippen molar-refractivity contribution in [3.8, 4) is 5.88 Å². The molecular weight excluding hydrogens is 226 g/mol. The zero-order valence-electron chi connectivity index (χ0n) is 10.9. The van der Waals surface area contributed by atoms with E-state index in [0.717, 1.165) is 24.2 Å². The van der Waals surface area contributed by atoms with Crippen molar-refractivity contribution in [2.24, 2.45) is 11.8 Å². The Morgan fingerprint density at radius 2 is 2.33 bits per heavy atom. The van der Waals surface area contributed by atoms with Gasteiger partial charge in [0.25, 0.3) is 0 Å². The van der Waals surface area contributed by atoms with Crippen LogP contribution in [0.4, 0.5) is 5.95 Å². The number of hydrogen-bond donors (Lipinski definition) is 1. The molecule has 2 saturated carbocycles. The third-order valence-corrected chi connectivity index (χ3v) is 4.14. The number of hydrogen-bond acceptors (Lipinski definition) is 4. The van der Waals surface area contributed by atoms with Crippen molar-refractivity contribution in [1.29, 1.82) is 0 Å². The Hall–Kier alpha value is -1.32. The van der Waals surface area contributed by atoms with Crippen molar-refractivity contribution >= 4 is 5.95 Å². The van der Waals surface area contributed by atoms with Crippen molar-refractivity contribution in [2.75, 3.05) is 11.9 Å². The summed E-state index contributed by atoms with van der Waals surface area (Å²) in [6.07, 6.45) is 8.24. The Kier molecular flexibility index (Phi) is 3.35. The molecule has 1 aromatic heterocycles. The van der Waals surface area contributed by atoms with Gasteiger partial charge in [0.2, 0.25) is 11.8 Å². The summed E-state index contributed by atoms with van der Waals surface area (Å²) >= 11 is 0. The molecule has 0 aromatic carbocycles. The molecule has 3 unspecified atom stereocenters. The highest BCUT2D eigenvalue weighted by Crippen LogP contribution is 2.45. The first-order valence-corrected chi connectivity index (χ1v) is 7.07. The fourth-order valence-corrected chi connectivity index (χ4v) is 3.29. The van der Waals surface area contributed by atoms with E-state index in [1.54, 1.807) is 6.20 Å². The topological polar surface area (TPSA) is 47.0 Å². The quantitative estimate of drug-likeness (QED) is 0.869. The number of nitrogens with zero attached hydrogens (tertiary/aromatic N) is 2. The molecule has 1 heterocycles. The minimum atomic E-state index is 0.574. The third kappa shape index (κ3) is 2.42. The SMILES string of the molecule is CCCOc1ccnc(NC2CC3CCC2C3)n1. The van der Waals surface area contributed by atoms with E-state index in [1.165, 1.54) is 25.7 Å². The second kappa shape index (κ2) is 5.12. The van der Waals surface area contributed by atoms with E-state index < -0.39 is 0 Å². The minimum Gasteiger partial charge on any atom is -0.478 e. The molecule has 3 atom stereocenters. The van der Waals surface area contributed by atoms with Crippen LogP contribution < -0.4 is 10.1 Å². The summed E-state index contributed by atoms with van der Waals surface area (Å²) in [6, 6.07) is 2.40. The number of ether oxygens (including phenoxy) is 1. The van der Waals surface area contributed by atoms with Gasteiger partial charge in [0, 0.05) is 18.3 Å². The Bertz CT molecular complexity index is 410. The van der Waals surface area contributed by atoms with Gasteiger partial charge >= 0.3 is 0 Å². The van der Waals surface area contributed by atoms with Crippen LogP contribution in [0.5, 0.6) is 5.88 Å². The highest BCUT2D eigenvalue weighted by Gasteiger charge is 2.39. The summed E-state index contributed by atoms with van der Waals surface area (Å²) in [5.41, 5.74) is 0. The summed E-state index contributed by atoms with van der Waals surface area (Å²) in [5, 5.41) is 3.49. The summed E-state index contributed by atoms with van der Waals surface area (Å²) < 4.78 is 5.53. The molecule has 0 saturated heterocycles. The first-order chi connectivity index (χ1) is 8.85. The van der Waals surface area contributed by atoms with E-state index in [-0.39, 0.29) is 0 Å². The lowest BCUT2D eigenvalue weighted by Crippen LogP contribution is -2.26. The van der Waals surface area contributed by atoms with Gasteiger partial charge in [0.15, 0.2) is 0 Å². The second-order valence-corrected chi connectivity index (χ2v) is 5.49. The van der Waals surface area contributed by atoms with E-state index in [2.05, 4.69) is 22.2 Å². The molecule has 18 heavy (non-hydrogen) atoms. The lowest BCUT2D eigenvalue weighted by Gasteiger charge is -2.22. The van der Waals surface area contributed by atoms with Gasteiger partial charge < -0.3 is 10.1 Å². The molecule has 4 nitrogen and oxygen atoms in total. The Balaban J connectivity index is 1.62. The molecule has 2 aliphatic rings. The predicted octanol–water partition coefficient (Wildman–Crippen LogP) is 2.87. The van der Waals surface area contributed by atoms with Crippen LogP contribution in [-0.4, -0.2) is 22.6 Å². The number of aromatic nitrogens is 2. The van der Waals surface area contributed by atoms with Crippen molar-refractivity contribution < 1.29 is 4.74 Å². The first kappa shape index (κ1) is 11.8. The fourth-order valence-electron chi connectivity index (χ4n) is 3.29. The zero-order chi connectivity index (χ0) is 12.4. The second-order valence-electron chi connectivity index (χ2n) is 5.49. The molecular formula is C14H21N3O. The monoisotopic (exact) mass is 247 g/mol. The van der Waals surface area contributed by atoms with Crippen molar-refractivity contribution in [3.05, 3.63) is 12.3 Å². The van der Waals surface area contributed by atoms with Crippen LogP contribution in [-0.2, 0) is 0 Å². The molecule has 4 heteroatoms. The summed E-state index contributed by atoms with van der Waals surface area (Å²) in [4.78, 5) is 8.71. The number of nitrogens with one attached hydrogen (secondary N) is 1. The van der Waals surface area contributed by atoms with Gasteiger partial charge in [-0.1, -0.05) is 13.3 Å². The molecule has 98 valence electrons. The van der Waals surface area contributed by atoms with E-state index in [0.29, 0.717) is 18.5 Å². The maximum Gasteiger partial charge on any atom is 0.226 e. The van der Waals surface area contributed by atoms with Crippen LogP contribution in [0.15, 0.2) is 12.3 Å². The van der Waals surface area contributed by atoms with E-state index >= 15 is 0 Å². The molecule has 1 aromatic rings. The lowest BCUT2D eigenvalue weighted by molar-refractivity contribution is 0.305. The smallest absolute Gasteiger partial charge is 0.226 e. The van der Waals surface area contributed by atoms with Crippen molar-refractivity contribution in [2.45, 2.75) is 45.1 Å². The first-order valence-electron chi connectivity index (χ1n) is 7.07. The molecule has 0 amide bonds. The lowest BCUT2D eigenvalue weighted by atomic mass is 9.95. The van der Waals surface area contributed by atoms with Gasteiger partial charge in [-0.05, 0) is 37.5 Å². The number of anilines is 1. The normalized spacial score (nSPS) is 29.5. The van der Waals surface area contributed by atoms with E-state index in [9.17, 15) is 0 Å². The molecule has 0 radical (unpaired) electrons. The molecule has 2 fully saturated rings. The maximum atomic E-state index is 5.53. The predicted molar refractivity (Wildman–Crippen MR) is 70.7 cm³/mol. The van der Waals surface area contributed by atoms with Gasteiger partial charge in [0.1, 0.15) is 0 Å². The van der Waals surface area contributed by atoms with Gasteiger partial charge in [-0.3, -0.25) is 0 Å². The van der Waals surface area contributed by atoms with E-state index in [1.807, 2.05) is 6.07 Å². The summed E-state index contributed by atoms with van der Waals surface area (Å²) in [7, 11) is 0. The van der Waals surface area contributed by atoms with Crippen LogP contribution in [0.1, 0.15) is 39.0 Å². The minimum absolute atomic E-state index is 0.574. The van der Waals surface area contributed by atoms with Crippen LogP contribution in [0.2, 0.25) is 0 Å². The fraction of sp³-hybridized carbons (Fsp3) is 0.714. The van der Waals surface area contributed by atoms with Crippen LogP contribution in [0.25, 0.3) is 0 Å². The molecule has 0 aliphatic heterocycles. The van der Waals surface area contributed by atoms with Gasteiger partial charge in [-0.2, -0.15) is 4.98 Å². The molecule has 3 rings (SSSR count). The highest BCUT2D eigenvalue weighted by molar-refractivity contribution is 5.30. The van der Waals surface area contributed by atoms with Gasteiger partial charge in [-0.15, -0.1) is 0 Å². The molecule has 2 aliphatic carbocycles. The largest absolute Gasteiger partial charge is 0.478 e. The van der Waals surface area contributed by atoms with Crippen molar-refractivity contribution in [1.82, 2.24) is 9.97 Å². The number of rotatable bonds is 5. The van der Waals surface area contributed by atoms with Crippen LogP contribution in [0, 0.1) is 11.8 Å². The average Bonchev–Trinajstić information content (AvgIpc) is 2.99. The van der Waals surface area contributed by atoms with Crippen LogP contribution in [0.3, 0.4) is 0 Å². The third-order valence-electron chi connectivity index (χ3n) is 4.14. The maximum absolute atomic E-state index is 5.53. The molecule has 1 N–H and O–H groups in total. The van der Waals surface area contributed by atoms with Gasteiger partial charge in [-0.25, -0.2) is 4.98 Å². The van der Waals surface area contributed by atoms with Crippen molar-refractivity contribution in [3.63, 3.8) is 0 Å². The zero-order valence-corrected chi connectivity index (χ0v) is 10.9. The highest BCUT2D eigenvalue weighted by atomic mass is 16.5. The summed E-state index contributed by atoms with van der Waals surface area (Å²) in [5.74, 6) is 3.17.